The van der Waals surface area contributed by atoms with Gasteiger partial charge in [-0.3, -0.25) is 14.4 Å². The van der Waals surface area contributed by atoms with E-state index in [4.69, 9.17) is 4.74 Å². The second-order valence-electron chi connectivity index (χ2n) is 11.7. The second kappa shape index (κ2) is 13.0. The number of likely N-dealkylation sites (tertiary alicyclic amines) is 2. The molecule has 3 saturated heterocycles. The maximum atomic E-state index is 13.7. The van der Waals surface area contributed by atoms with Crippen LogP contribution in [0.3, 0.4) is 0 Å². The highest BCUT2D eigenvalue weighted by Crippen LogP contribution is 2.35. The molecule has 11 heteroatoms. The van der Waals surface area contributed by atoms with E-state index in [2.05, 4.69) is 4.90 Å². The third-order valence-electron chi connectivity index (χ3n) is 9.15. The van der Waals surface area contributed by atoms with Gasteiger partial charge in [0.15, 0.2) is 0 Å². The summed E-state index contributed by atoms with van der Waals surface area (Å²) >= 11 is 0. The van der Waals surface area contributed by atoms with Crippen molar-refractivity contribution in [2.75, 3.05) is 64.4 Å². The van der Waals surface area contributed by atoms with Gasteiger partial charge in [0.2, 0.25) is 11.8 Å². The molecule has 0 radical (unpaired) electrons. The van der Waals surface area contributed by atoms with Crippen LogP contribution in [0.25, 0.3) is 0 Å². The molecule has 0 unspecified atom stereocenters. The molecule has 2 aromatic rings. The number of amides is 3. The van der Waals surface area contributed by atoms with Gasteiger partial charge in [0, 0.05) is 82.4 Å². The first-order valence-electron chi connectivity index (χ1n) is 14.9. The van der Waals surface area contributed by atoms with Crippen LogP contribution >= 0.6 is 0 Å². The zero-order chi connectivity index (χ0) is 30.7. The molecule has 0 aliphatic carbocycles. The fourth-order valence-corrected chi connectivity index (χ4v) is 6.54. The van der Waals surface area contributed by atoms with E-state index >= 15 is 0 Å². The molecule has 3 aliphatic rings. The average molecular weight is 601 g/mol. The van der Waals surface area contributed by atoms with Crippen LogP contribution in [0, 0.1) is 5.92 Å². The summed E-state index contributed by atoms with van der Waals surface area (Å²) in [5, 5.41) is 0. The lowest BCUT2D eigenvalue weighted by Crippen LogP contribution is -2.53. The molecular weight excluding hydrogens is 561 g/mol. The van der Waals surface area contributed by atoms with Gasteiger partial charge in [-0.15, -0.1) is 0 Å². The fourth-order valence-electron chi connectivity index (χ4n) is 6.54. The summed E-state index contributed by atoms with van der Waals surface area (Å²) < 4.78 is 45.4. The number of rotatable bonds is 5. The van der Waals surface area contributed by atoms with Gasteiger partial charge in [-0.1, -0.05) is 12.1 Å². The number of piperidine rings is 2. The maximum absolute atomic E-state index is 13.7. The smallest absolute Gasteiger partial charge is 0.378 e. The van der Waals surface area contributed by atoms with Crippen molar-refractivity contribution in [2.24, 2.45) is 5.92 Å². The number of hydrogen-bond donors (Lipinski definition) is 0. The minimum Gasteiger partial charge on any atom is -0.378 e. The monoisotopic (exact) mass is 600 g/mol. The van der Waals surface area contributed by atoms with Gasteiger partial charge >= 0.3 is 6.18 Å². The Hall–Kier alpha value is -3.60. The Balaban J connectivity index is 1.34. The van der Waals surface area contributed by atoms with E-state index in [1.54, 1.807) is 21.7 Å². The lowest BCUT2D eigenvalue weighted by molar-refractivity contribution is -0.141. The molecule has 2 atom stereocenters. The van der Waals surface area contributed by atoms with Crippen molar-refractivity contribution < 1.29 is 32.3 Å². The van der Waals surface area contributed by atoms with E-state index in [0.717, 1.165) is 30.9 Å². The van der Waals surface area contributed by atoms with Gasteiger partial charge in [-0.25, -0.2) is 0 Å². The van der Waals surface area contributed by atoms with E-state index in [0.29, 0.717) is 69.8 Å². The minimum absolute atomic E-state index is 0.00230. The number of hydrogen-bond acceptors (Lipinski definition) is 5. The highest BCUT2D eigenvalue weighted by Gasteiger charge is 2.39. The summed E-state index contributed by atoms with van der Waals surface area (Å²) in [6.07, 6.45) is -2.79. The van der Waals surface area contributed by atoms with Crippen molar-refractivity contribution >= 4 is 23.4 Å². The number of carbonyl (C=O) groups is 3. The number of ether oxygens (including phenoxy) is 1. The van der Waals surface area contributed by atoms with Crippen LogP contribution in [0.15, 0.2) is 48.5 Å². The first-order chi connectivity index (χ1) is 20.5. The Kier molecular flexibility index (Phi) is 9.29. The molecule has 0 N–H and O–H groups in total. The van der Waals surface area contributed by atoms with Crippen molar-refractivity contribution in [3.8, 4) is 0 Å². The first kappa shape index (κ1) is 30.8. The Labute approximate surface area is 250 Å². The number of likely N-dealkylation sites (N-methyl/N-ethyl adjacent to an activating group) is 1. The number of nitrogens with zero attached hydrogens (tertiary/aromatic N) is 4. The van der Waals surface area contributed by atoms with E-state index in [1.807, 2.05) is 24.3 Å². The van der Waals surface area contributed by atoms with Crippen molar-refractivity contribution in [3.63, 3.8) is 0 Å². The van der Waals surface area contributed by atoms with Gasteiger partial charge in [-0.05, 0) is 61.2 Å². The van der Waals surface area contributed by atoms with Crippen LogP contribution in [0.4, 0.5) is 18.9 Å². The number of benzene rings is 2. The molecule has 8 nitrogen and oxygen atoms in total. The molecule has 232 valence electrons. The third-order valence-corrected chi connectivity index (χ3v) is 9.15. The standard InChI is InChI=1S/C32H39F3N4O4/c1-22(40)37-14-11-25(12-15-37)31(42)39-16-13-29(28(21-39)23-3-7-26(8-4-23)32(33,34)35)36(2)30(41)24-5-9-27(10-6-24)38-17-19-43-20-18-38/h3-10,25,28-29H,11-21H2,1-2H3/t28-,29+/m0/s1. The highest BCUT2D eigenvalue weighted by molar-refractivity contribution is 5.94. The lowest BCUT2D eigenvalue weighted by atomic mass is 9.83. The minimum atomic E-state index is -4.46. The van der Waals surface area contributed by atoms with E-state index < -0.39 is 11.7 Å². The summed E-state index contributed by atoms with van der Waals surface area (Å²) in [6.45, 7) is 6.23. The average Bonchev–Trinajstić information content (AvgIpc) is 3.03. The topological polar surface area (TPSA) is 73.4 Å². The van der Waals surface area contributed by atoms with Crippen LogP contribution in [0.1, 0.15) is 53.6 Å². The molecule has 0 spiro atoms. The zero-order valence-corrected chi connectivity index (χ0v) is 24.7. The molecule has 3 amide bonds. The number of carbonyl (C=O) groups excluding carboxylic acids is 3. The number of anilines is 1. The first-order valence-corrected chi connectivity index (χ1v) is 14.9. The van der Waals surface area contributed by atoms with E-state index in [-0.39, 0.29) is 35.6 Å². The number of alkyl halides is 3. The van der Waals surface area contributed by atoms with Crippen LogP contribution < -0.4 is 4.90 Å². The van der Waals surface area contributed by atoms with Crippen LogP contribution in [-0.4, -0.2) is 98.0 Å². The van der Waals surface area contributed by atoms with Gasteiger partial charge in [0.1, 0.15) is 0 Å². The molecule has 0 aromatic heterocycles. The second-order valence-corrected chi connectivity index (χ2v) is 11.7. The van der Waals surface area contributed by atoms with Crippen molar-refractivity contribution in [2.45, 2.75) is 44.3 Å². The summed E-state index contributed by atoms with van der Waals surface area (Å²) in [4.78, 5) is 46.4. The quantitative estimate of drug-likeness (QED) is 0.513. The van der Waals surface area contributed by atoms with Gasteiger partial charge in [0.05, 0.1) is 18.8 Å². The highest BCUT2D eigenvalue weighted by atomic mass is 19.4. The van der Waals surface area contributed by atoms with Crippen LogP contribution in [0.2, 0.25) is 0 Å². The predicted molar refractivity (Wildman–Crippen MR) is 156 cm³/mol. The Morgan fingerprint density at radius 1 is 0.837 bits per heavy atom. The van der Waals surface area contributed by atoms with Crippen molar-refractivity contribution in [3.05, 3.63) is 65.2 Å². The zero-order valence-electron chi connectivity index (χ0n) is 24.7. The normalized spacial score (nSPS) is 21.9. The molecule has 3 fully saturated rings. The van der Waals surface area contributed by atoms with Crippen molar-refractivity contribution in [1.82, 2.24) is 14.7 Å². The Bertz CT molecular complexity index is 1290. The molecule has 2 aromatic carbocycles. The van der Waals surface area contributed by atoms with Gasteiger partial charge < -0.3 is 24.3 Å². The molecule has 3 aliphatic heterocycles. The Morgan fingerprint density at radius 3 is 2.02 bits per heavy atom. The summed E-state index contributed by atoms with van der Waals surface area (Å²) in [6, 6.07) is 12.2. The maximum Gasteiger partial charge on any atom is 0.416 e. The van der Waals surface area contributed by atoms with E-state index in [1.165, 1.54) is 19.1 Å². The SMILES string of the molecule is CC(=O)N1CCC(C(=O)N2CC[C@@H](N(C)C(=O)c3ccc(N4CCOCC4)cc3)[C@H](c3ccc(C(F)(F)F)cc3)C2)CC1. The van der Waals surface area contributed by atoms with Crippen molar-refractivity contribution in [1.29, 1.82) is 0 Å². The molecule has 43 heavy (non-hydrogen) atoms. The largest absolute Gasteiger partial charge is 0.416 e. The lowest BCUT2D eigenvalue weighted by Gasteiger charge is -2.44. The Morgan fingerprint density at radius 2 is 1.44 bits per heavy atom. The summed E-state index contributed by atoms with van der Waals surface area (Å²) in [7, 11) is 1.73. The van der Waals surface area contributed by atoms with E-state index in [9.17, 15) is 27.6 Å². The molecule has 3 heterocycles. The summed E-state index contributed by atoms with van der Waals surface area (Å²) in [5.74, 6) is -0.737. The van der Waals surface area contributed by atoms with Gasteiger partial charge in [-0.2, -0.15) is 13.2 Å². The third kappa shape index (κ3) is 6.98. The fraction of sp³-hybridized carbons (Fsp3) is 0.531. The molecular formula is C32H39F3N4O4. The van der Waals surface area contributed by atoms with Crippen LogP contribution in [-0.2, 0) is 20.5 Å². The summed E-state index contributed by atoms with van der Waals surface area (Å²) in [5.41, 5.74) is 1.47. The molecule has 5 rings (SSSR count). The molecule has 0 bridgehead atoms. The number of morpholine rings is 1. The number of halogens is 3. The van der Waals surface area contributed by atoms with Crippen LogP contribution in [0.5, 0.6) is 0 Å². The predicted octanol–water partition coefficient (Wildman–Crippen LogP) is 4.26. The van der Waals surface area contributed by atoms with Gasteiger partial charge in [0.25, 0.3) is 5.91 Å². The molecule has 0 saturated carbocycles.